The molecule has 0 spiro atoms. The monoisotopic (exact) mass is 234 g/mol. The van der Waals surface area contributed by atoms with Gasteiger partial charge < -0.3 is 0 Å². The average molecular weight is 234 g/mol. The van der Waals surface area contributed by atoms with Gasteiger partial charge in [0.2, 0.25) is 0 Å². The molecule has 0 saturated heterocycles. The molecule has 0 N–H and O–H groups in total. The van der Waals surface area contributed by atoms with E-state index in [4.69, 9.17) is 0 Å². The second kappa shape index (κ2) is 3.58. The van der Waals surface area contributed by atoms with Crippen LogP contribution in [0.25, 0.3) is 6.08 Å². The van der Waals surface area contributed by atoms with Crippen LogP contribution in [0.4, 0.5) is 0 Å². The molecule has 0 saturated carbocycles. The van der Waals surface area contributed by atoms with Crippen molar-refractivity contribution in [1.29, 1.82) is 0 Å². The van der Waals surface area contributed by atoms with E-state index < -0.39 is 10.8 Å². The molecular formula is C12H10OS2. The van der Waals surface area contributed by atoms with Crippen molar-refractivity contribution in [3.8, 4) is 0 Å². The van der Waals surface area contributed by atoms with Crippen LogP contribution in [0.1, 0.15) is 11.3 Å². The summed E-state index contributed by atoms with van der Waals surface area (Å²) in [7, 11) is -0.890. The quantitative estimate of drug-likeness (QED) is 0.674. The zero-order valence-corrected chi connectivity index (χ0v) is 9.68. The lowest BCUT2D eigenvalue weighted by molar-refractivity contribution is 0.676. The molecule has 3 rings (SSSR count). The summed E-state index contributed by atoms with van der Waals surface area (Å²) in [5.41, 5.74) is 1.19. The molecule has 0 amide bonds. The number of thiophene rings is 1. The highest BCUT2D eigenvalue weighted by atomic mass is 32.2. The van der Waals surface area contributed by atoms with Crippen molar-refractivity contribution < 1.29 is 4.21 Å². The molecule has 0 fully saturated rings. The van der Waals surface area contributed by atoms with Gasteiger partial charge in [-0.05, 0) is 29.5 Å². The van der Waals surface area contributed by atoms with Gasteiger partial charge in [-0.3, -0.25) is 4.21 Å². The van der Waals surface area contributed by atoms with Crippen LogP contribution in [-0.4, -0.2) is 9.46 Å². The molecule has 0 aromatic carbocycles. The van der Waals surface area contributed by atoms with Gasteiger partial charge in [-0.15, -0.1) is 11.3 Å². The first-order valence-corrected chi connectivity index (χ1v) is 6.98. The number of allylic oxidation sites excluding steroid dienone is 4. The van der Waals surface area contributed by atoms with Crippen molar-refractivity contribution in [2.24, 2.45) is 0 Å². The Hall–Kier alpha value is -0.930. The van der Waals surface area contributed by atoms with Gasteiger partial charge >= 0.3 is 0 Å². The fraction of sp³-hybridized carbons (Fsp3) is 0.167. The molecule has 1 aromatic heterocycles. The van der Waals surface area contributed by atoms with E-state index >= 15 is 0 Å². The lowest BCUT2D eigenvalue weighted by Gasteiger charge is -2.16. The molecule has 1 aliphatic carbocycles. The summed E-state index contributed by atoms with van der Waals surface area (Å²) >= 11 is 1.66. The van der Waals surface area contributed by atoms with Gasteiger partial charge in [0.15, 0.2) is 0 Å². The lowest BCUT2D eigenvalue weighted by atomic mass is 10.0. The zero-order valence-electron chi connectivity index (χ0n) is 8.05. The van der Waals surface area contributed by atoms with E-state index in [1.54, 1.807) is 11.3 Å². The largest absolute Gasteiger partial charge is 0.254 e. The number of hydrogen-bond acceptors (Lipinski definition) is 2. The molecule has 2 heterocycles. The van der Waals surface area contributed by atoms with Gasteiger partial charge in [0, 0.05) is 4.88 Å². The minimum Gasteiger partial charge on any atom is -0.254 e. The fourth-order valence-electron chi connectivity index (χ4n) is 1.92. The minimum absolute atomic E-state index is 0.155. The molecule has 3 heteroatoms. The fourth-order valence-corrected chi connectivity index (χ4v) is 4.54. The van der Waals surface area contributed by atoms with Crippen molar-refractivity contribution in [1.82, 2.24) is 0 Å². The van der Waals surface area contributed by atoms with Gasteiger partial charge in [0.05, 0.1) is 20.9 Å². The second-order valence-electron chi connectivity index (χ2n) is 3.60. The Kier molecular flexibility index (Phi) is 2.22. The Balaban J connectivity index is 2.16. The van der Waals surface area contributed by atoms with Crippen LogP contribution in [0.5, 0.6) is 0 Å². The summed E-state index contributed by atoms with van der Waals surface area (Å²) in [5, 5.41) is 2.17. The maximum Gasteiger partial charge on any atom is 0.0678 e. The van der Waals surface area contributed by atoms with Crippen LogP contribution in [0.15, 0.2) is 46.2 Å². The van der Waals surface area contributed by atoms with Crippen molar-refractivity contribution in [2.45, 2.75) is 16.6 Å². The predicted molar refractivity (Wildman–Crippen MR) is 65.4 cm³/mol. The molecule has 1 aliphatic heterocycles. The molecule has 0 bridgehead atoms. The Bertz CT molecular complexity index is 505. The van der Waals surface area contributed by atoms with E-state index in [1.165, 1.54) is 5.57 Å². The maximum absolute atomic E-state index is 12.3. The molecule has 2 aliphatic rings. The molecule has 15 heavy (non-hydrogen) atoms. The summed E-state index contributed by atoms with van der Waals surface area (Å²) in [6.45, 7) is 0. The first-order chi connectivity index (χ1) is 7.36. The average Bonchev–Trinajstić information content (AvgIpc) is 2.69. The van der Waals surface area contributed by atoms with E-state index in [-0.39, 0.29) is 5.25 Å². The standard InChI is InChI=1S/C12H10OS2/c13-15-11-4-2-1-3-9(11)5-6-10-12(15)7-8-14-10/h1-3,5-8,11H,4H2. The van der Waals surface area contributed by atoms with Gasteiger partial charge in [0.25, 0.3) is 0 Å². The molecule has 2 unspecified atom stereocenters. The van der Waals surface area contributed by atoms with E-state index in [1.807, 2.05) is 17.5 Å². The smallest absolute Gasteiger partial charge is 0.0678 e. The topological polar surface area (TPSA) is 17.1 Å². The van der Waals surface area contributed by atoms with E-state index in [0.29, 0.717) is 0 Å². The highest BCUT2D eigenvalue weighted by Gasteiger charge is 2.25. The highest BCUT2D eigenvalue weighted by Crippen LogP contribution is 2.33. The third-order valence-corrected chi connectivity index (χ3v) is 5.49. The Morgan fingerprint density at radius 1 is 1.40 bits per heavy atom. The molecular weight excluding hydrogens is 224 g/mol. The van der Waals surface area contributed by atoms with Crippen LogP contribution >= 0.6 is 11.3 Å². The number of fused-ring (bicyclic) bond motifs is 2. The molecule has 76 valence electrons. The zero-order chi connectivity index (χ0) is 10.3. The molecule has 1 aromatic rings. The van der Waals surface area contributed by atoms with Gasteiger partial charge in [-0.1, -0.05) is 24.3 Å². The summed E-state index contributed by atoms with van der Waals surface area (Å²) in [6, 6.07) is 1.99. The summed E-state index contributed by atoms with van der Waals surface area (Å²) in [5.74, 6) is 0. The van der Waals surface area contributed by atoms with Crippen LogP contribution in [0.2, 0.25) is 0 Å². The van der Waals surface area contributed by atoms with Crippen LogP contribution in [0.3, 0.4) is 0 Å². The third kappa shape index (κ3) is 1.46. The maximum atomic E-state index is 12.3. The third-order valence-electron chi connectivity index (χ3n) is 2.71. The Morgan fingerprint density at radius 2 is 2.33 bits per heavy atom. The Labute approximate surface area is 95.3 Å². The van der Waals surface area contributed by atoms with E-state index in [0.717, 1.165) is 16.2 Å². The van der Waals surface area contributed by atoms with Crippen molar-refractivity contribution in [3.63, 3.8) is 0 Å². The molecule has 2 atom stereocenters. The van der Waals surface area contributed by atoms with Crippen molar-refractivity contribution in [3.05, 3.63) is 46.2 Å². The van der Waals surface area contributed by atoms with Crippen molar-refractivity contribution >= 4 is 28.2 Å². The number of rotatable bonds is 0. The van der Waals surface area contributed by atoms with E-state index in [2.05, 4.69) is 24.3 Å². The van der Waals surface area contributed by atoms with Crippen LogP contribution < -0.4 is 0 Å². The first-order valence-electron chi connectivity index (χ1n) is 4.89. The van der Waals surface area contributed by atoms with Crippen LogP contribution in [0, 0.1) is 0 Å². The summed E-state index contributed by atoms with van der Waals surface area (Å²) in [6.07, 6.45) is 11.3. The van der Waals surface area contributed by atoms with Gasteiger partial charge in [0.1, 0.15) is 0 Å². The highest BCUT2D eigenvalue weighted by molar-refractivity contribution is 7.86. The normalized spacial score (nSPS) is 27.9. The van der Waals surface area contributed by atoms with Crippen molar-refractivity contribution in [2.75, 3.05) is 0 Å². The van der Waals surface area contributed by atoms with Crippen LogP contribution in [-0.2, 0) is 10.8 Å². The minimum atomic E-state index is -0.890. The number of hydrogen-bond donors (Lipinski definition) is 0. The second-order valence-corrected chi connectivity index (χ2v) is 6.15. The summed E-state index contributed by atoms with van der Waals surface area (Å²) in [4.78, 5) is 2.14. The lowest BCUT2D eigenvalue weighted by Crippen LogP contribution is -2.17. The van der Waals surface area contributed by atoms with Gasteiger partial charge in [-0.2, -0.15) is 0 Å². The van der Waals surface area contributed by atoms with Gasteiger partial charge in [-0.25, -0.2) is 0 Å². The predicted octanol–water partition coefficient (Wildman–Crippen LogP) is 3.14. The Morgan fingerprint density at radius 3 is 3.27 bits per heavy atom. The molecule has 0 radical (unpaired) electrons. The first kappa shape index (κ1) is 9.31. The SMILES string of the molecule is O=S1c2ccsc2C=CC2=CC=CCC21. The van der Waals surface area contributed by atoms with E-state index in [9.17, 15) is 4.21 Å². The summed E-state index contributed by atoms with van der Waals surface area (Å²) < 4.78 is 12.3. The molecule has 1 nitrogen and oxygen atoms in total.